The van der Waals surface area contributed by atoms with Crippen molar-refractivity contribution in [2.75, 3.05) is 43.9 Å². The van der Waals surface area contributed by atoms with Crippen LogP contribution in [0.5, 0.6) is 0 Å². The van der Waals surface area contributed by atoms with E-state index in [1.54, 1.807) is 6.20 Å². The number of rotatable bonds is 3. The minimum Gasteiger partial charge on any atom is -0.354 e. The lowest BCUT2D eigenvalue weighted by atomic mass is 10.1. The van der Waals surface area contributed by atoms with Crippen molar-refractivity contribution in [3.8, 4) is 0 Å². The Morgan fingerprint density at radius 3 is 3.00 bits per heavy atom. The molecule has 8 heteroatoms. The number of thioether (sulfide) groups is 1. The molecule has 108 valence electrons. The van der Waals surface area contributed by atoms with E-state index in [9.17, 15) is 4.79 Å². The second kappa shape index (κ2) is 5.87. The summed E-state index contributed by atoms with van der Waals surface area (Å²) in [5.41, 5.74) is 0. The van der Waals surface area contributed by atoms with Crippen LogP contribution < -0.4 is 10.2 Å². The van der Waals surface area contributed by atoms with Gasteiger partial charge in [0, 0.05) is 38.4 Å². The van der Waals surface area contributed by atoms with E-state index in [-0.39, 0.29) is 5.91 Å². The predicted octanol–water partition coefficient (Wildman–Crippen LogP) is 0.581. The normalized spacial score (nSPS) is 20.7. The monoisotopic (exact) mass is 357 g/mol. The van der Waals surface area contributed by atoms with Crippen molar-refractivity contribution in [1.29, 1.82) is 0 Å². The molecular weight excluding hydrogens is 342 g/mol. The molecule has 0 bridgehead atoms. The molecule has 3 rings (SSSR count). The standard InChI is InChI=1S/C12H16BrN5OS/c1-20-12-15-4-9(13)11(16-12)18-5-8(6-18)17-3-2-14-10(19)7-17/h4,8H,2-3,5-7H2,1H3,(H,14,19). The number of halogens is 1. The summed E-state index contributed by atoms with van der Waals surface area (Å²) in [4.78, 5) is 24.7. The lowest BCUT2D eigenvalue weighted by molar-refractivity contribution is -0.125. The summed E-state index contributed by atoms with van der Waals surface area (Å²) >= 11 is 5.05. The Labute approximate surface area is 130 Å². The highest BCUT2D eigenvalue weighted by Gasteiger charge is 2.35. The van der Waals surface area contributed by atoms with Crippen molar-refractivity contribution in [1.82, 2.24) is 20.2 Å². The van der Waals surface area contributed by atoms with Gasteiger partial charge in [-0.25, -0.2) is 9.97 Å². The van der Waals surface area contributed by atoms with Gasteiger partial charge in [0.15, 0.2) is 5.16 Å². The number of nitrogens with one attached hydrogen (secondary N) is 1. The average Bonchev–Trinajstić information content (AvgIpc) is 2.39. The van der Waals surface area contributed by atoms with Crippen molar-refractivity contribution >= 4 is 39.4 Å². The van der Waals surface area contributed by atoms with Gasteiger partial charge in [0.05, 0.1) is 11.0 Å². The highest BCUT2D eigenvalue weighted by molar-refractivity contribution is 9.10. The van der Waals surface area contributed by atoms with Crippen LogP contribution in [0.15, 0.2) is 15.8 Å². The molecule has 1 aromatic heterocycles. The van der Waals surface area contributed by atoms with Gasteiger partial charge in [0.2, 0.25) is 5.91 Å². The van der Waals surface area contributed by atoms with E-state index in [0.29, 0.717) is 12.6 Å². The maximum Gasteiger partial charge on any atom is 0.234 e. The fraction of sp³-hybridized carbons (Fsp3) is 0.583. The Morgan fingerprint density at radius 1 is 1.50 bits per heavy atom. The molecule has 0 spiro atoms. The maximum absolute atomic E-state index is 11.4. The molecule has 2 aliphatic heterocycles. The van der Waals surface area contributed by atoms with Gasteiger partial charge >= 0.3 is 0 Å². The van der Waals surface area contributed by atoms with Crippen LogP contribution in [0.2, 0.25) is 0 Å². The van der Waals surface area contributed by atoms with Crippen LogP contribution >= 0.6 is 27.7 Å². The molecule has 2 saturated heterocycles. The van der Waals surface area contributed by atoms with Gasteiger partial charge in [-0.15, -0.1) is 0 Å². The fourth-order valence-electron chi connectivity index (χ4n) is 2.49. The Kier molecular flexibility index (Phi) is 4.13. The Hall–Kier alpha value is -0.860. The van der Waals surface area contributed by atoms with Crippen LogP contribution in [0.25, 0.3) is 0 Å². The molecule has 0 aliphatic carbocycles. The van der Waals surface area contributed by atoms with Crippen molar-refractivity contribution in [2.45, 2.75) is 11.2 Å². The summed E-state index contributed by atoms with van der Waals surface area (Å²) in [5.74, 6) is 1.07. The molecular formula is C12H16BrN5OS. The fourth-order valence-corrected chi connectivity index (χ4v) is 3.27. The van der Waals surface area contributed by atoms with Gasteiger partial charge in [-0.3, -0.25) is 9.69 Å². The van der Waals surface area contributed by atoms with Crippen LogP contribution in [0.1, 0.15) is 0 Å². The predicted molar refractivity (Wildman–Crippen MR) is 82.1 cm³/mol. The summed E-state index contributed by atoms with van der Waals surface area (Å²) in [6.45, 7) is 4.03. The zero-order chi connectivity index (χ0) is 14.1. The van der Waals surface area contributed by atoms with Crippen LogP contribution in [-0.4, -0.2) is 65.8 Å². The quantitative estimate of drug-likeness (QED) is 0.630. The molecule has 1 N–H and O–H groups in total. The first-order chi connectivity index (χ1) is 9.67. The Morgan fingerprint density at radius 2 is 2.30 bits per heavy atom. The van der Waals surface area contributed by atoms with Gasteiger partial charge in [-0.05, 0) is 22.2 Å². The summed E-state index contributed by atoms with van der Waals surface area (Å²) in [7, 11) is 0. The van der Waals surface area contributed by atoms with Crippen molar-refractivity contribution in [2.24, 2.45) is 0 Å². The highest BCUT2D eigenvalue weighted by Crippen LogP contribution is 2.30. The summed E-state index contributed by atoms with van der Waals surface area (Å²) in [6.07, 6.45) is 3.77. The van der Waals surface area contributed by atoms with Gasteiger partial charge in [-0.2, -0.15) is 0 Å². The smallest absolute Gasteiger partial charge is 0.234 e. The van der Waals surface area contributed by atoms with Gasteiger partial charge in [0.25, 0.3) is 0 Å². The van der Waals surface area contributed by atoms with Crippen LogP contribution in [-0.2, 0) is 4.79 Å². The molecule has 2 fully saturated rings. The van der Waals surface area contributed by atoms with E-state index in [2.05, 4.69) is 41.0 Å². The highest BCUT2D eigenvalue weighted by atomic mass is 79.9. The zero-order valence-corrected chi connectivity index (χ0v) is 13.6. The lowest BCUT2D eigenvalue weighted by Gasteiger charge is -2.47. The molecule has 0 saturated carbocycles. The molecule has 1 aromatic rings. The average molecular weight is 358 g/mol. The minimum absolute atomic E-state index is 0.127. The molecule has 20 heavy (non-hydrogen) atoms. The van der Waals surface area contributed by atoms with E-state index >= 15 is 0 Å². The molecule has 1 amide bonds. The second-order valence-corrected chi connectivity index (χ2v) is 6.54. The van der Waals surface area contributed by atoms with Crippen molar-refractivity contribution < 1.29 is 4.79 Å². The third-order valence-corrected chi connectivity index (χ3v) is 4.75. The SMILES string of the molecule is CSc1ncc(Br)c(N2CC(N3CCNC(=O)C3)C2)n1. The molecule has 3 heterocycles. The van der Waals surface area contributed by atoms with Gasteiger partial charge in [0.1, 0.15) is 5.82 Å². The molecule has 2 aliphatic rings. The largest absolute Gasteiger partial charge is 0.354 e. The first-order valence-corrected chi connectivity index (χ1v) is 8.51. The van der Waals surface area contributed by atoms with Gasteiger partial charge in [-0.1, -0.05) is 11.8 Å². The van der Waals surface area contributed by atoms with E-state index in [4.69, 9.17) is 0 Å². The van der Waals surface area contributed by atoms with Crippen molar-refractivity contribution in [3.63, 3.8) is 0 Å². The third-order valence-electron chi connectivity index (χ3n) is 3.63. The molecule has 6 nitrogen and oxygen atoms in total. The zero-order valence-electron chi connectivity index (χ0n) is 11.2. The first-order valence-electron chi connectivity index (χ1n) is 6.49. The number of aromatic nitrogens is 2. The maximum atomic E-state index is 11.4. The van der Waals surface area contributed by atoms with Crippen LogP contribution in [0, 0.1) is 0 Å². The second-order valence-electron chi connectivity index (χ2n) is 4.91. The topological polar surface area (TPSA) is 61.4 Å². The molecule has 0 atom stereocenters. The molecule has 0 aromatic carbocycles. The molecule has 0 radical (unpaired) electrons. The lowest BCUT2D eigenvalue weighted by Crippen LogP contribution is -2.64. The molecule has 0 unspecified atom stereocenters. The number of nitrogens with zero attached hydrogens (tertiary/aromatic N) is 4. The number of hydrogen-bond acceptors (Lipinski definition) is 6. The van der Waals surface area contributed by atoms with E-state index in [0.717, 1.165) is 41.6 Å². The van der Waals surface area contributed by atoms with E-state index < -0.39 is 0 Å². The number of piperazine rings is 1. The number of carbonyl (C=O) groups excluding carboxylic acids is 1. The van der Waals surface area contributed by atoms with E-state index in [1.165, 1.54) is 11.8 Å². The number of carbonyl (C=O) groups is 1. The van der Waals surface area contributed by atoms with Crippen molar-refractivity contribution in [3.05, 3.63) is 10.7 Å². The number of amides is 1. The summed E-state index contributed by atoms with van der Waals surface area (Å²) < 4.78 is 0.921. The Bertz CT molecular complexity index is 523. The third kappa shape index (κ3) is 2.77. The van der Waals surface area contributed by atoms with E-state index in [1.807, 2.05) is 6.26 Å². The first kappa shape index (κ1) is 14.1. The number of hydrogen-bond donors (Lipinski definition) is 1. The number of anilines is 1. The minimum atomic E-state index is 0.127. The van der Waals surface area contributed by atoms with Crippen LogP contribution in [0.4, 0.5) is 5.82 Å². The summed E-state index contributed by atoms with van der Waals surface area (Å²) in [6, 6.07) is 0.445. The van der Waals surface area contributed by atoms with Crippen LogP contribution in [0.3, 0.4) is 0 Å². The Balaban J connectivity index is 1.64. The van der Waals surface area contributed by atoms with Gasteiger partial charge < -0.3 is 10.2 Å². The summed E-state index contributed by atoms with van der Waals surface area (Å²) in [5, 5.41) is 3.64.